The molecule has 11 rings (SSSR count). The van der Waals surface area contributed by atoms with Gasteiger partial charge in [0.1, 0.15) is 0 Å². The van der Waals surface area contributed by atoms with Gasteiger partial charge in [0.2, 0.25) is 0 Å². The summed E-state index contributed by atoms with van der Waals surface area (Å²) in [5.74, 6) is 0. The fourth-order valence-electron chi connectivity index (χ4n) is 8.93. The molecular weight excluding hydrogens is 697 g/mol. The van der Waals surface area contributed by atoms with E-state index in [4.69, 9.17) is 0 Å². The number of aromatic nitrogens is 3. The van der Waals surface area contributed by atoms with E-state index in [1.807, 2.05) is 72.8 Å². The third-order valence-electron chi connectivity index (χ3n) is 11.3. The number of rotatable bonds is 4. The molecule has 3 heterocycles. The van der Waals surface area contributed by atoms with Gasteiger partial charge < -0.3 is 13.7 Å². The van der Waals surface area contributed by atoms with Crippen LogP contribution < -0.4 is 0 Å². The first-order valence-corrected chi connectivity index (χ1v) is 18.7. The second kappa shape index (κ2) is 12.3. The molecule has 0 radical (unpaired) electrons. The van der Waals surface area contributed by atoms with Gasteiger partial charge >= 0.3 is 0 Å². The summed E-state index contributed by atoms with van der Waals surface area (Å²) in [6, 6.07) is 64.8. The number of nitriles is 3. The Morgan fingerprint density at radius 3 is 1.44 bits per heavy atom. The molecule has 3 aromatic heterocycles. The smallest absolute Gasteiger partial charge is 0.0992 e. The van der Waals surface area contributed by atoms with Crippen LogP contribution in [0, 0.1) is 34.0 Å². The van der Waals surface area contributed by atoms with Crippen molar-refractivity contribution in [1.82, 2.24) is 13.7 Å². The first-order chi connectivity index (χ1) is 28.1. The zero-order chi connectivity index (χ0) is 38.2. The van der Waals surface area contributed by atoms with E-state index in [-0.39, 0.29) is 0 Å². The zero-order valence-corrected chi connectivity index (χ0v) is 30.3. The fraction of sp³-hybridized carbons (Fsp3) is 0. The normalized spacial score (nSPS) is 11.5. The van der Waals surface area contributed by atoms with Crippen LogP contribution in [0.25, 0.3) is 93.6 Å². The molecule has 0 saturated heterocycles. The van der Waals surface area contributed by atoms with E-state index in [0.717, 1.165) is 82.8 Å². The Balaban J connectivity index is 1.23. The maximum absolute atomic E-state index is 10.6. The maximum Gasteiger partial charge on any atom is 0.0992 e. The van der Waals surface area contributed by atoms with Crippen LogP contribution >= 0.6 is 0 Å². The summed E-state index contributed by atoms with van der Waals surface area (Å²) >= 11 is 0. The van der Waals surface area contributed by atoms with Crippen LogP contribution in [0.4, 0.5) is 0 Å². The fourth-order valence-corrected chi connectivity index (χ4v) is 8.93. The molecule has 0 aliphatic heterocycles. The predicted octanol–water partition coefficient (Wildman–Crippen LogP) is 12.3. The van der Waals surface area contributed by atoms with Crippen LogP contribution in [0.15, 0.2) is 170 Å². The Morgan fingerprint density at radius 2 is 0.807 bits per heavy atom. The van der Waals surface area contributed by atoms with Gasteiger partial charge in [0, 0.05) is 43.6 Å². The first-order valence-electron chi connectivity index (χ1n) is 18.7. The van der Waals surface area contributed by atoms with E-state index < -0.39 is 0 Å². The van der Waals surface area contributed by atoms with Gasteiger partial charge in [0.25, 0.3) is 0 Å². The molecule has 0 saturated carbocycles. The van der Waals surface area contributed by atoms with Crippen molar-refractivity contribution >= 4 is 65.4 Å². The van der Waals surface area contributed by atoms with Crippen molar-refractivity contribution in [3.05, 3.63) is 187 Å². The van der Waals surface area contributed by atoms with Crippen LogP contribution in [-0.4, -0.2) is 13.7 Å². The van der Waals surface area contributed by atoms with Crippen molar-refractivity contribution in [2.45, 2.75) is 0 Å². The molecule has 0 fully saturated rings. The van der Waals surface area contributed by atoms with Gasteiger partial charge in [-0.1, -0.05) is 84.9 Å². The standard InChI is InChI=1S/C51H28N6/c52-29-32-21-23-49-42(26-32)40-13-4-8-18-47(40)56(49)44-15-5-1-10-37(44)35-24-34(31-54)25-36(28-35)55-48-22-20-33(30-53)27-43(48)41-14-9-19-50(51(41)55)57-45-16-6-2-11-38(45)39-12-3-7-17-46(39)57/h1-28H. The minimum absolute atomic E-state index is 0.524. The molecule has 0 spiro atoms. The summed E-state index contributed by atoms with van der Waals surface area (Å²) in [5, 5.41) is 36.8. The van der Waals surface area contributed by atoms with Crippen LogP contribution in [0.5, 0.6) is 0 Å². The summed E-state index contributed by atoms with van der Waals surface area (Å²) in [5.41, 5.74) is 12.4. The molecule has 0 N–H and O–H groups in total. The summed E-state index contributed by atoms with van der Waals surface area (Å²) in [6.45, 7) is 0. The number of para-hydroxylation sites is 5. The number of hydrogen-bond donors (Lipinski definition) is 0. The average Bonchev–Trinajstić information content (AvgIpc) is 3.91. The molecule has 57 heavy (non-hydrogen) atoms. The predicted molar refractivity (Wildman–Crippen MR) is 229 cm³/mol. The lowest BCUT2D eigenvalue weighted by atomic mass is 10.00. The molecule has 6 heteroatoms. The van der Waals surface area contributed by atoms with Gasteiger partial charge in [-0.25, -0.2) is 0 Å². The highest BCUT2D eigenvalue weighted by Gasteiger charge is 2.22. The molecule has 8 aromatic carbocycles. The lowest BCUT2D eigenvalue weighted by molar-refractivity contribution is 1.13. The monoisotopic (exact) mass is 724 g/mol. The van der Waals surface area contributed by atoms with Gasteiger partial charge in [0.05, 0.1) is 79.4 Å². The summed E-state index contributed by atoms with van der Waals surface area (Å²) in [6.07, 6.45) is 0. The first kappa shape index (κ1) is 32.1. The van der Waals surface area contributed by atoms with Crippen LogP contribution in [0.3, 0.4) is 0 Å². The van der Waals surface area contributed by atoms with E-state index in [2.05, 4.69) is 129 Å². The average molecular weight is 725 g/mol. The van der Waals surface area contributed by atoms with Gasteiger partial charge in [-0.05, 0) is 90.5 Å². The molecule has 0 atom stereocenters. The van der Waals surface area contributed by atoms with Crippen molar-refractivity contribution in [3.8, 4) is 46.4 Å². The minimum Gasteiger partial charge on any atom is -0.309 e. The highest BCUT2D eigenvalue weighted by molar-refractivity contribution is 6.15. The Morgan fingerprint density at radius 1 is 0.333 bits per heavy atom. The third kappa shape index (κ3) is 4.68. The summed E-state index contributed by atoms with van der Waals surface area (Å²) in [4.78, 5) is 0. The zero-order valence-electron chi connectivity index (χ0n) is 30.3. The van der Waals surface area contributed by atoms with E-state index in [1.54, 1.807) is 0 Å². The lowest BCUT2D eigenvalue weighted by Crippen LogP contribution is -2.02. The Labute approximate surface area is 326 Å². The number of nitrogens with zero attached hydrogens (tertiary/aromatic N) is 6. The van der Waals surface area contributed by atoms with Gasteiger partial charge in [-0.2, -0.15) is 15.8 Å². The second-order valence-electron chi connectivity index (χ2n) is 14.3. The van der Waals surface area contributed by atoms with E-state index in [0.29, 0.717) is 16.7 Å². The number of fused-ring (bicyclic) bond motifs is 9. The maximum atomic E-state index is 10.6. The molecule has 0 unspecified atom stereocenters. The van der Waals surface area contributed by atoms with Gasteiger partial charge in [0.15, 0.2) is 0 Å². The van der Waals surface area contributed by atoms with Crippen LogP contribution in [0.2, 0.25) is 0 Å². The Bertz CT molecular complexity index is 3580. The molecule has 0 aliphatic carbocycles. The molecule has 11 aromatic rings. The summed E-state index contributed by atoms with van der Waals surface area (Å²) < 4.78 is 6.84. The largest absolute Gasteiger partial charge is 0.309 e. The van der Waals surface area contributed by atoms with Crippen molar-refractivity contribution in [2.24, 2.45) is 0 Å². The van der Waals surface area contributed by atoms with E-state index >= 15 is 0 Å². The van der Waals surface area contributed by atoms with E-state index in [9.17, 15) is 15.8 Å². The minimum atomic E-state index is 0.524. The Hall–Kier alpha value is -8.37. The molecular formula is C51H28N6. The van der Waals surface area contributed by atoms with Crippen molar-refractivity contribution in [2.75, 3.05) is 0 Å². The lowest BCUT2D eigenvalue weighted by Gasteiger charge is -2.17. The van der Waals surface area contributed by atoms with Crippen molar-refractivity contribution in [1.29, 1.82) is 15.8 Å². The molecule has 0 bridgehead atoms. The van der Waals surface area contributed by atoms with Gasteiger partial charge in [-0.15, -0.1) is 0 Å². The highest BCUT2D eigenvalue weighted by atomic mass is 15.1. The van der Waals surface area contributed by atoms with Crippen LogP contribution in [0.1, 0.15) is 16.7 Å². The SMILES string of the molecule is N#Cc1cc(-c2ccccc2-n2c3ccccc3c3cc(C#N)ccc32)cc(-n2c3ccc(C#N)cc3c3cccc(-n4c5ccccc5c5ccccc54)c32)c1. The molecule has 0 amide bonds. The van der Waals surface area contributed by atoms with E-state index in [1.165, 1.54) is 10.8 Å². The van der Waals surface area contributed by atoms with Crippen molar-refractivity contribution in [3.63, 3.8) is 0 Å². The molecule has 0 aliphatic rings. The number of benzene rings is 8. The summed E-state index contributed by atoms with van der Waals surface area (Å²) in [7, 11) is 0. The highest BCUT2D eigenvalue weighted by Crippen LogP contribution is 2.42. The Kier molecular flexibility index (Phi) is 6.95. The topological polar surface area (TPSA) is 86.2 Å². The molecule has 6 nitrogen and oxygen atoms in total. The third-order valence-corrected chi connectivity index (χ3v) is 11.3. The quantitative estimate of drug-likeness (QED) is 0.181. The van der Waals surface area contributed by atoms with Crippen LogP contribution in [-0.2, 0) is 0 Å². The van der Waals surface area contributed by atoms with Gasteiger partial charge in [-0.3, -0.25) is 0 Å². The number of hydrogen-bond acceptors (Lipinski definition) is 3. The van der Waals surface area contributed by atoms with Crippen molar-refractivity contribution < 1.29 is 0 Å². The molecule has 262 valence electrons. The second-order valence-corrected chi connectivity index (χ2v) is 14.3.